The highest BCUT2D eigenvalue weighted by molar-refractivity contribution is 9.10. The van der Waals surface area contributed by atoms with E-state index in [1.807, 2.05) is 6.07 Å². The monoisotopic (exact) mass is 326 g/mol. The average Bonchev–Trinajstić information content (AvgIpc) is 2.41. The van der Waals surface area contributed by atoms with Crippen LogP contribution in [0.4, 0.5) is 5.69 Å². The number of nitrogens with two attached hydrogens (primary N) is 1. The Morgan fingerprint density at radius 1 is 1.42 bits per heavy atom. The molecule has 0 atom stereocenters. The summed E-state index contributed by atoms with van der Waals surface area (Å²) in [4.78, 5) is 13.5. The second-order valence-electron chi connectivity index (χ2n) is 4.58. The molecule has 2 rings (SSSR count). The van der Waals surface area contributed by atoms with Crippen LogP contribution < -0.4 is 16.4 Å². The molecule has 0 aromatic heterocycles. The van der Waals surface area contributed by atoms with Crippen molar-refractivity contribution < 1.29 is 4.79 Å². The highest BCUT2D eigenvalue weighted by atomic mass is 79.9. The van der Waals surface area contributed by atoms with Crippen molar-refractivity contribution in [3.8, 4) is 0 Å². The zero-order valence-corrected chi connectivity index (χ0v) is 12.4. The van der Waals surface area contributed by atoms with Crippen molar-refractivity contribution in [1.29, 1.82) is 0 Å². The number of hydrogen-bond donors (Lipinski definition) is 3. The first-order chi connectivity index (χ1) is 9.16. The number of carbonyl (C=O) groups excluding carboxylic acids is 1. The van der Waals surface area contributed by atoms with E-state index in [-0.39, 0.29) is 0 Å². The first kappa shape index (κ1) is 14.3. The molecule has 1 aliphatic heterocycles. The van der Waals surface area contributed by atoms with Crippen molar-refractivity contribution in [3.63, 3.8) is 0 Å². The SMILES string of the molecule is NC(=O)c1ccc(NCCN2CCNCC2)c(Br)c1. The number of carbonyl (C=O) groups is 1. The molecule has 104 valence electrons. The number of nitrogens with zero attached hydrogens (tertiary/aromatic N) is 1. The van der Waals surface area contributed by atoms with Crippen LogP contribution in [0.1, 0.15) is 10.4 Å². The van der Waals surface area contributed by atoms with Crippen molar-refractivity contribution >= 4 is 27.5 Å². The number of piperazine rings is 1. The third-order valence-electron chi connectivity index (χ3n) is 3.21. The molecule has 0 aliphatic carbocycles. The van der Waals surface area contributed by atoms with Gasteiger partial charge >= 0.3 is 0 Å². The largest absolute Gasteiger partial charge is 0.383 e. The van der Waals surface area contributed by atoms with E-state index in [4.69, 9.17) is 5.73 Å². The lowest BCUT2D eigenvalue weighted by Crippen LogP contribution is -2.45. The quantitative estimate of drug-likeness (QED) is 0.750. The summed E-state index contributed by atoms with van der Waals surface area (Å²) in [6, 6.07) is 5.36. The van der Waals surface area contributed by atoms with Crippen LogP contribution in [0.15, 0.2) is 22.7 Å². The topological polar surface area (TPSA) is 70.4 Å². The Balaban J connectivity index is 1.83. The molecule has 0 unspecified atom stereocenters. The fourth-order valence-corrected chi connectivity index (χ4v) is 2.61. The second kappa shape index (κ2) is 6.88. The number of nitrogens with one attached hydrogen (secondary N) is 2. The highest BCUT2D eigenvalue weighted by Gasteiger charge is 2.09. The van der Waals surface area contributed by atoms with Crippen LogP contribution in [-0.4, -0.2) is 50.1 Å². The van der Waals surface area contributed by atoms with E-state index >= 15 is 0 Å². The average molecular weight is 327 g/mol. The number of benzene rings is 1. The minimum absolute atomic E-state index is 0.409. The molecule has 0 bridgehead atoms. The van der Waals surface area contributed by atoms with Crippen LogP contribution in [-0.2, 0) is 0 Å². The van der Waals surface area contributed by atoms with E-state index in [0.717, 1.165) is 49.4 Å². The van der Waals surface area contributed by atoms with Gasteiger partial charge in [0.05, 0.1) is 0 Å². The lowest BCUT2D eigenvalue weighted by Gasteiger charge is -2.27. The Hall–Kier alpha value is -1.11. The van der Waals surface area contributed by atoms with Gasteiger partial charge in [-0.15, -0.1) is 0 Å². The van der Waals surface area contributed by atoms with Gasteiger partial charge in [-0.2, -0.15) is 0 Å². The second-order valence-corrected chi connectivity index (χ2v) is 5.43. The molecule has 4 N–H and O–H groups in total. The molecule has 1 aromatic carbocycles. The smallest absolute Gasteiger partial charge is 0.248 e. The predicted molar refractivity (Wildman–Crippen MR) is 80.5 cm³/mol. The molecule has 0 spiro atoms. The fourth-order valence-electron chi connectivity index (χ4n) is 2.10. The van der Waals surface area contributed by atoms with Crippen LogP contribution in [0.2, 0.25) is 0 Å². The van der Waals surface area contributed by atoms with E-state index in [0.29, 0.717) is 5.56 Å². The molecular formula is C13H19BrN4O. The van der Waals surface area contributed by atoms with E-state index in [1.165, 1.54) is 0 Å². The van der Waals surface area contributed by atoms with Gasteiger partial charge in [0.2, 0.25) is 5.91 Å². The van der Waals surface area contributed by atoms with Crippen molar-refractivity contribution in [1.82, 2.24) is 10.2 Å². The Kier molecular flexibility index (Phi) is 5.18. The van der Waals surface area contributed by atoms with E-state index < -0.39 is 5.91 Å². The van der Waals surface area contributed by atoms with Crippen molar-refractivity contribution in [3.05, 3.63) is 28.2 Å². The van der Waals surface area contributed by atoms with Gasteiger partial charge in [-0.05, 0) is 34.1 Å². The lowest BCUT2D eigenvalue weighted by atomic mass is 10.2. The summed E-state index contributed by atoms with van der Waals surface area (Å²) < 4.78 is 0.865. The summed E-state index contributed by atoms with van der Waals surface area (Å²) in [7, 11) is 0. The van der Waals surface area contributed by atoms with Crippen LogP contribution in [0.25, 0.3) is 0 Å². The van der Waals surface area contributed by atoms with Gasteiger partial charge in [-0.3, -0.25) is 9.69 Å². The number of amides is 1. The summed E-state index contributed by atoms with van der Waals surface area (Å²) in [5, 5.41) is 6.70. The summed E-state index contributed by atoms with van der Waals surface area (Å²) in [5.74, 6) is -0.409. The molecule has 1 saturated heterocycles. The zero-order valence-electron chi connectivity index (χ0n) is 10.8. The molecule has 1 fully saturated rings. The van der Waals surface area contributed by atoms with E-state index in [2.05, 4.69) is 31.5 Å². The molecule has 0 saturated carbocycles. The first-order valence-corrected chi connectivity index (χ1v) is 7.22. The maximum atomic E-state index is 11.1. The Bertz CT molecular complexity index is 446. The Labute approximate surface area is 121 Å². The maximum absolute atomic E-state index is 11.1. The molecule has 1 heterocycles. The molecule has 0 radical (unpaired) electrons. The number of hydrogen-bond acceptors (Lipinski definition) is 4. The third-order valence-corrected chi connectivity index (χ3v) is 3.86. The number of rotatable bonds is 5. The minimum atomic E-state index is -0.409. The van der Waals surface area contributed by atoms with Gasteiger partial charge in [0.15, 0.2) is 0 Å². The Morgan fingerprint density at radius 3 is 2.79 bits per heavy atom. The van der Waals surface area contributed by atoms with Gasteiger partial charge in [-0.25, -0.2) is 0 Å². The molecule has 6 heteroatoms. The normalized spacial score (nSPS) is 16.3. The Morgan fingerprint density at radius 2 is 2.16 bits per heavy atom. The van der Waals surface area contributed by atoms with Gasteiger partial charge in [-0.1, -0.05) is 0 Å². The van der Waals surface area contributed by atoms with E-state index in [9.17, 15) is 4.79 Å². The van der Waals surface area contributed by atoms with Gasteiger partial charge in [0, 0.05) is 55.0 Å². The molecule has 1 aliphatic rings. The van der Waals surface area contributed by atoms with Crippen molar-refractivity contribution in [2.75, 3.05) is 44.6 Å². The standard InChI is InChI=1S/C13H19BrN4O/c14-11-9-10(13(15)19)1-2-12(11)17-5-8-18-6-3-16-4-7-18/h1-2,9,16-17H,3-8H2,(H2,15,19). The van der Waals surface area contributed by atoms with Gasteiger partial charge in [0.1, 0.15) is 0 Å². The molecule has 5 nitrogen and oxygen atoms in total. The van der Waals surface area contributed by atoms with Gasteiger partial charge in [0.25, 0.3) is 0 Å². The van der Waals surface area contributed by atoms with Gasteiger partial charge < -0.3 is 16.4 Å². The number of anilines is 1. The molecule has 1 aromatic rings. The zero-order chi connectivity index (χ0) is 13.7. The van der Waals surface area contributed by atoms with Crippen LogP contribution >= 0.6 is 15.9 Å². The molecule has 1 amide bonds. The van der Waals surface area contributed by atoms with Crippen molar-refractivity contribution in [2.45, 2.75) is 0 Å². The summed E-state index contributed by atoms with van der Waals surface area (Å²) >= 11 is 3.45. The minimum Gasteiger partial charge on any atom is -0.383 e. The highest BCUT2D eigenvalue weighted by Crippen LogP contribution is 2.23. The first-order valence-electron chi connectivity index (χ1n) is 6.43. The third kappa shape index (κ3) is 4.19. The predicted octanol–water partition coefficient (Wildman–Crippen LogP) is 0.865. The number of halogens is 1. The molecule has 19 heavy (non-hydrogen) atoms. The van der Waals surface area contributed by atoms with Crippen LogP contribution in [0.3, 0.4) is 0 Å². The van der Waals surface area contributed by atoms with Crippen LogP contribution in [0.5, 0.6) is 0 Å². The summed E-state index contributed by atoms with van der Waals surface area (Å²) in [5.41, 5.74) is 6.74. The van der Waals surface area contributed by atoms with Crippen LogP contribution in [0, 0.1) is 0 Å². The summed E-state index contributed by atoms with van der Waals surface area (Å²) in [6.07, 6.45) is 0. The summed E-state index contributed by atoms with van der Waals surface area (Å²) in [6.45, 7) is 6.24. The number of primary amides is 1. The maximum Gasteiger partial charge on any atom is 0.248 e. The van der Waals surface area contributed by atoms with Crippen molar-refractivity contribution in [2.24, 2.45) is 5.73 Å². The van der Waals surface area contributed by atoms with E-state index in [1.54, 1.807) is 12.1 Å². The molecular weight excluding hydrogens is 308 g/mol. The fraction of sp³-hybridized carbons (Fsp3) is 0.462. The lowest BCUT2D eigenvalue weighted by molar-refractivity contribution is 0.100.